The molecule has 1 heterocycles. The van der Waals surface area contributed by atoms with E-state index >= 15 is 0 Å². The number of nitrogens with two attached hydrogens (primary N) is 1. The number of hydrogen-bond donors (Lipinski definition) is 1. The van der Waals surface area contributed by atoms with Crippen LogP contribution in [0.5, 0.6) is 0 Å². The number of halogens is 1. The molecule has 8 nitrogen and oxygen atoms in total. The van der Waals surface area contributed by atoms with E-state index in [9.17, 15) is 21.6 Å². The minimum atomic E-state index is -4.58. The van der Waals surface area contributed by atoms with Gasteiger partial charge in [0, 0.05) is 16.9 Å². The van der Waals surface area contributed by atoms with Crippen molar-refractivity contribution in [2.24, 2.45) is 5.84 Å². The SMILES string of the molecule is CS(=O)(=O)c1ccccc1S(=O)(=O)N(N)C(=O)c1ccc(Br)cn1. The molecule has 1 aromatic heterocycles. The molecule has 2 aromatic rings. The predicted octanol–water partition coefficient (Wildman–Crippen LogP) is 0.952. The van der Waals surface area contributed by atoms with Gasteiger partial charge in [0.2, 0.25) is 0 Å². The Labute approximate surface area is 147 Å². The molecule has 0 unspecified atom stereocenters. The zero-order valence-electron chi connectivity index (χ0n) is 12.2. The Morgan fingerprint density at radius 1 is 1.08 bits per heavy atom. The highest BCUT2D eigenvalue weighted by Gasteiger charge is 2.32. The van der Waals surface area contributed by atoms with Crippen molar-refractivity contribution in [2.45, 2.75) is 9.79 Å². The number of hydrogen-bond acceptors (Lipinski definition) is 7. The van der Waals surface area contributed by atoms with Crippen LogP contribution in [0.1, 0.15) is 10.5 Å². The highest BCUT2D eigenvalue weighted by Crippen LogP contribution is 2.23. The molecule has 0 spiro atoms. The smallest absolute Gasteiger partial charge is 0.265 e. The summed E-state index contributed by atoms with van der Waals surface area (Å²) < 4.78 is 49.2. The number of benzene rings is 1. The second kappa shape index (κ2) is 6.59. The molecule has 128 valence electrons. The summed E-state index contributed by atoms with van der Waals surface area (Å²) in [6.45, 7) is 0. The van der Waals surface area contributed by atoms with Crippen LogP contribution >= 0.6 is 15.9 Å². The number of sulfone groups is 1. The summed E-state index contributed by atoms with van der Waals surface area (Å²) >= 11 is 3.14. The normalized spacial score (nSPS) is 12.0. The topological polar surface area (TPSA) is 127 Å². The summed E-state index contributed by atoms with van der Waals surface area (Å²) in [6, 6.07) is 7.66. The molecule has 0 atom stereocenters. The van der Waals surface area contributed by atoms with Crippen LogP contribution in [0.2, 0.25) is 0 Å². The Balaban J connectivity index is 2.51. The van der Waals surface area contributed by atoms with E-state index in [0.717, 1.165) is 18.4 Å². The lowest BCUT2D eigenvalue weighted by Crippen LogP contribution is -2.43. The molecule has 2 N–H and O–H groups in total. The van der Waals surface area contributed by atoms with Crippen molar-refractivity contribution in [2.75, 3.05) is 6.26 Å². The van der Waals surface area contributed by atoms with Crippen molar-refractivity contribution in [1.29, 1.82) is 0 Å². The van der Waals surface area contributed by atoms with Gasteiger partial charge in [0.15, 0.2) is 9.84 Å². The summed E-state index contributed by atoms with van der Waals surface area (Å²) in [7, 11) is -8.42. The molecule has 0 saturated heterocycles. The number of hydrazine groups is 1. The maximum atomic E-state index is 12.6. The average molecular weight is 434 g/mol. The molecule has 0 saturated carbocycles. The summed E-state index contributed by atoms with van der Waals surface area (Å²) in [6.07, 6.45) is 2.17. The van der Waals surface area contributed by atoms with Crippen molar-refractivity contribution in [3.63, 3.8) is 0 Å². The van der Waals surface area contributed by atoms with Gasteiger partial charge in [-0.05, 0) is 40.2 Å². The van der Waals surface area contributed by atoms with Crippen LogP contribution < -0.4 is 5.84 Å². The first-order valence-corrected chi connectivity index (χ1v) is 10.4. The number of sulfonamides is 1. The van der Waals surface area contributed by atoms with Crippen LogP contribution in [0.15, 0.2) is 56.9 Å². The number of carbonyl (C=O) groups excluding carboxylic acids is 1. The molecule has 1 amide bonds. The summed E-state index contributed by atoms with van der Waals surface area (Å²) in [5, 5.41) is 0. The van der Waals surface area contributed by atoms with Gasteiger partial charge in [0.1, 0.15) is 10.6 Å². The third-order valence-corrected chi connectivity index (χ3v) is 6.28. The molecular formula is C13H12BrN3O5S2. The molecular weight excluding hydrogens is 422 g/mol. The van der Waals surface area contributed by atoms with Gasteiger partial charge in [-0.15, -0.1) is 0 Å². The zero-order chi connectivity index (χ0) is 18.1. The maximum Gasteiger partial charge on any atom is 0.300 e. The lowest BCUT2D eigenvalue weighted by molar-refractivity contribution is 0.0855. The fraction of sp³-hybridized carbons (Fsp3) is 0.0769. The monoisotopic (exact) mass is 433 g/mol. The Morgan fingerprint density at radius 2 is 1.67 bits per heavy atom. The van der Waals surface area contributed by atoms with E-state index in [1.807, 2.05) is 0 Å². The van der Waals surface area contributed by atoms with Crippen LogP contribution in [0, 0.1) is 0 Å². The molecule has 0 aliphatic rings. The predicted molar refractivity (Wildman–Crippen MR) is 89.0 cm³/mol. The Hall–Kier alpha value is -1.82. The second-order valence-electron chi connectivity index (χ2n) is 4.69. The van der Waals surface area contributed by atoms with E-state index < -0.39 is 35.6 Å². The molecule has 0 aliphatic carbocycles. The average Bonchev–Trinajstić information content (AvgIpc) is 2.53. The standard InChI is InChI=1S/C13H12BrN3O5S2/c1-23(19,20)11-4-2-3-5-12(11)24(21,22)17(15)13(18)10-7-6-9(14)8-16-10/h2-8H,15H2,1H3. The first-order chi connectivity index (χ1) is 11.0. The summed E-state index contributed by atoms with van der Waals surface area (Å²) in [4.78, 5) is 15.0. The van der Waals surface area contributed by atoms with Crippen molar-refractivity contribution >= 4 is 41.7 Å². The number of nitrogens with zero attached hydrogens (tertiary/aromatic N) is 2. The van der Waals surface area contributed by atoms with Gasteiger partial charge in [-0.25, -0.2) is 19.2 Å². The number of carbonyl (C=O) groups is 1. The van der Waals surface area contributed by atoms with Gasteiger partial charge in [0.25, 0.3) is 10.0 Å². The maximum absolute atomic E-state index is 12.6. The van der Waals surface area contributed by atoms with Gasteiger partial charge >= 0.3 is 5.91 Å². The minimum Gasteiger partial charge on any atom is -0.265 e. The van der Waals surface area contributed by atoms with E-state index in [1.165, 1.54) is 30.5 Å². The fourth-order valence-corrected chi connectivity index (χ4v) is 4.66. The molecule has 0 bridgehead atoms. The highest BCUT2D eigenvalue weighted by molar-refractivity contribution is 9.10. The largest absolute Gasteiger partial charge is 0.300 e. The third-order valence-electron chi connectivity index (χ3n) is 2.93. The number of amides is 1. The van der Waals surface area contributed by atoms with Gasteiger partial charge in [-0.2, -0.15) is 12.8 Å². The molecule has 1 aromatic carbocycles. The first-order valence-electron chi connectivity index (χ1n) is 6.30. The van der Waals surface area contributed by atoms with E-state index in [-0.39, 0.29) is 10.1 Å². The number of aromatic nitrogens is 1. The molecule has 0 aliphatic heterocycles. The van der Waals surface area contributed by atoms with E-state index in [1.54, 1.807) is 0 Å². The van der Waals surface area contributed by atoms with Gasteiger partial charge < -0.3 is 0 Å². The summed E-state index contributed by atoms with van der Waals surface area (Å²) in [5.41, 5.74) is -0.207. The highest BCUT2D eigenvalue weighted by atomic mass is 79.9. The molecule has 24 heavy (non-hydrogen) atoms. The Kier molecular flexibility index (Phi) is 5.08. The van der Waals surface area contributed by atoms with E-state index in [4.69, 9.17) is 5.84 Å². The third kappa shape index (κ3) is 3.64. The lowest BCUT2D eigenvalue weighted by atomic mass is 10.3. The van der Waals surface area contributed by atoms with Gasteiger partial charge in [-0.3, -0.25) is 4.79 Å². The number of rotatable bonds is 4. The van der Waals surface area contributed by atoms with Crippen molar-refractivity contribution in [3.05, 3.63) is 52.8 Å². The number of pyridine rings is 1. The first kappa shape index (κ1) is 18.5. The minimum absolute atomic E-state index is 0.0206. The van der Waals surface area contributed by atoms with Crippen molar-refractivity contribution in [3.8, 4) is 0 Å². The second-order valence-corrected chi connectivity index (χ2v) is 9.37. The Bertz CT molecular complexity index is 989. The van der Waals surface area contributed by atoms with Gasteiger partial charge in [-0.1, -0.05) is 12.1 Å². The molecule has 2 rings (SSSR count). The van der Waals surface area contributed by atoms with Crippen LogP contribution in [0.3, 0.4) is 0 Å². The fourth-order valence-electron chi connectivity index (χ4n) is 1.80. The molecule has 0 radical (unpaired) electrons. The van der Waals surface area contributed by atoms with Crippen LogP contribution in [0.25, 0.3) is 0 Å². The molecule has 0 fully saturated rings. The van der Waals surface area contributed by atoms with Crippen molar-refractivity contribution < 1.29 is 21.6 Å². The van der Waals surface area contributed by atoms with Crippen LogP contribution in [-0.2, 0) is 19.9 Å². The lowest BCUT2D eigenvalue weighted by Gasteiger charge is -2.18. The van der Waals surface area contributed by atoms with Crippen LogP contribution in [0.4, 0.5) is 0 Å². The summed E-state index contributed by atoms with van der Waals surface area (Å²) in [5.74, 6) is 4.37. The Morgan fingerprint density at radius 3 is 2.17 bits per heavy atom. The quantitative estimate of drug-likeness (QED) is 0.431. The van der Waals surface area contributed by atoms with Crippen molar-refractivity contribution in [1.82, 2.24) is 9.40 Å². The molecule has 11 heteroatoms. The van der Waals surface area contributed by atoms with E-state index in [0.29, 0.717) is 4.47 Å². The zero-order valence-corrected chi connectivity index (χ0v) is 15.5. The van der Waals surface area contributed by atoms with Crippen LogP contribution in [-0.4, -0.2) is 38.4 Å². The van der Waals surface area contributed by atoms with Gasteiger partial charge in [0.05, 0.1) is 4.90 Å². The van der Waals surface area contributed by atoms with E-state index in [2.05, 4.69) is 20.9 Å².